The van der Waals surface area contributed by atoms with Crippen molar-refractivity contribution in [2.24, 2.45) is 23.7 Å². The molecule has 12 atom stereocenters. The molecule has 0 aromatic carbocycles. The van der Waals surface area contributed by atoms with Crippen molar-refractivity contribution in [1.82, 2.24) is 4.90 Å². The van der Waals surface area contributed by atoms with Crippen LogP contribution >= 0.6 is 0 Å². The van der Waals surface area contributed by atoms with E-state index in [4.69, 9.17) is 28.8 Å². The molecule has 0 bridgehead atoms. The number of hydrogen-bond acceptors (Lipinski definition) is 11. The summed E-state index contributed by atoms with van der Waals surface area (Å²) < 4.78 is 30.9. The summed E-state index contributed by atoms with van der Waals surface area (Å²) in [6.07, 6.45) is 1.28. The number of aliphatic hydroxyl groups excluding tert-OH is 1. The molecule has 0 aromatic rings. The van der Waals surface area contributed by atoms with Crippen LogP contribution in [0, 0.1) is 23.7 Å². The van der Waals surface area contributed by atoms with Crippen molar-refractivity contribution in [3.63, 3.8) is 0 Å². The highest BCUT2D eigenvalue weighted by Gasteiger charge is 2.50. The number of carbonyl (C=O) groups is 3. The normalized spacial score (nSPS) is 41.6. The quantitative estimate of drug-likeness (QED) is 0.174. The molecule has 262 valence electrons. The Morgan fingerprint density at radius 3 is 2.20 bits per heavy atom. The molecule has 1 fully saturated rings. The van der Waals surface area contributed by atoms with Crippen molar-refractivity contribution < 1.29 is 48.3 Å². The minimum atomic E-state index is -1.53. The first-order valence-electron chi connectivity index (χ1n) is 16.1. The summed E-state index contributed by atoms with van der Waals surface area (Å²) in [5.41, 5.74) is -1.72. The second-order valence-corrected chi connectivity index (χ2v) is 13.4. The minimum Gasteiger partial charge on any atom is -0.459 e. The second-order valence-electron chi connectivity index (χ2n) is 13.4. The Labute approximate surface area is 270 Å². The van der Waals surface area contributed by atoms with Gasteiger partial charge in [0, 0.05) is 45.6 Å². The number of aldehydes is 1. The van der Waals surface area contributed by atoms with Gasteiger partial charge in [0.15, 0.2) is 12.1 Å². The minimum absolute atomic E-state index is 0.0176. The Balaban J connectivity index is 0.00000496. The van der Waals surface area contributed by atoms with E-state index in [1.54, 1.807) is 35.0 Å². The predicted octanol–water partition coefficient (Wildman–Crippen LogP) is 3.57. The number of cyclic esters (lactones) is 1. The SMILES string of the molecule is CC[C@H]1OC(=O)[C@H](C)C(=O)[C@H](C)[C@@H](O[C@@H]2O[C@H](C)C[C@H](N(C)C)[C@H]2OC)[C@](C)(OC)C[C@@H](C)/C=C(/C)[C@@H](CC=O)[C@]1(C)O.CO. The fraction of sp³-hybridized carbons (Fsp3) is 0.853. The number of nitrogens with zero attached hydrogens (tertiary/aromatic N) is 1. The van der Waals surface area contributed by atoms with Gasteiger partial charge in [0.2, 0.25) is 0 Å². The van der Waals surface area contributed by atoms with Gasteiger partial charge in [0.25, 0.3) is 0 Å². The van der Waals surface area contributed by atoms with Gasteiger partial charge in [-0.05, 0) is 73.9 Å². The van der Waals surface area contributed by atoms with Crippen LogP contribution in [0.3, 0.4) is 0 Å². The largest absolute Gasteiger partial charge is 0.459 e. The third kappa shape index (κ3) is 9.89. The first-order valence-corrected chi connectivity index (χ1v) is 16.1. The summed E-state index contributed by atoms with van der Waals surface area (Å²) in [4.78, 5) is 41.2. The van der Waals surface area contributed by atoms with Crippen LogP contribution in [0.25, 0.3) is 0 Å². The van der Waals surface area contributed by atoms with E-state index in [2.05, 4.69) is 4.90 Å². The lowest BCUT2D eigenvalue weighted by Gasteiger charge is -2.47. The van der Waals surface area contributed by atoms with Crippen molar-refractivity contribution >= 4 is 18.0 Å². The maximum Gasteiger partial charge on any atom is 0.316 e. The van der Waals surface area contributed by atoms with Crippen molar-refractivity contribution in [3.8, 4) is 0 Å². The Kier molecular flexibility index (Phi) is 16.5. The molecule has 0 saturated carbocycles. The third-order valence-electron chi connectivity index (χ3n) is 9.70. The number of Topliss-reactive ketones (excluding diaryl/α,β-unsaturated/α-hetero) is 1. The number of rotatable bonds is 8. The van der Waals surface area contributed by atoms with Gasteiger partial charge in [0.05, 0.1) is 17.8 Å². The van der Waals surface area contributed by atoms with Gasteiger partial charge >= 0.3 is 5.97 Å². The lowest BCUT2D eigenvalue weighted by atomic mass is 9.74. The van der Waals surface area contributed by atoms with Gasteiger partial charge in [-0.2, -0.15) is 0 Å². The second kappa shape index (κ2) is 18.0. The predicted molar refractivity (Wildman–Crippen MR) is 171 cm³/mol. The van der Waals surface area contributed by atoms with E-state index >= 15 is 0 Å². The highest BCUT2D eigenvalue weighted by atomic mass is 16.7. The Hall–Kier alpha value is -1.73. The van der Waals surface area contributed by atoms with E-state index in [9.17, 15) is 19.5 Å². The fourth-order valence-corrected chi connectivity index (χ4v) is 7.14. The van der Waals surface area contributed by atoms with Crippen LogP contribution in [0.4, 0.5) is 0 Å². The molecule has 11 heteroatoms. The number of ketones is 1. The number of likely N-dealkylation sites (N-methyl/N-ethyl adjacent to an activating group) is 1. The number of methoxy groups -OCH3 is 2. The monoisotopic (exact) mass is 643 g/mol. The van der Waals surface area contributed by atoms with Crippen LogP contribution in [0.15, 0.2) is 11.6 Å². The van der Waals surface area contributed by atoms with E-state index in [-0.39, 0.29) is 30.3 Å². The average Bonchev–Trinajstić information content (AvgIpc) is 2.99. The van der Waals surface area contributed by atoms with Gasteiger partial charge in [-0.1, -0.05) is 32.4 Å². The number of ether oxygens (including phenoxy) is 5. The number of allylic oxidation sites excluding steroid dienone is 1. The molecule has 45 heavy (non-hydrogen) atoms. The molecule has 2 rings (SSSR count). The molecule has 2 heterocycles. The van der Waals surface area contributed by atoms with E-state index < -0.39 is 59.5 Å². The maximum absolute atomic E-state index is 14.0. The van der Waals surface area contributed by atoms with Crippen LogP contribution in [-0.2, 0) is 38.1 Å². The average molecular weight is 644 g/mol. The van der Waals surface area contributed by atoms with Crippen molar-refractivity contribution in [2.75, 3.05) is 35.4 Å². The van der Waals surface area contributed by atoms with Crippen LogP contribution < -0.4 is 0 Å². The van der Waals surface area contributed by atoms with Crippen molar-refractivity contribution in [1.29, 1.82) is 0 Å². The molecule has 11 nitrogen and oxygen atoms in total. The summed E-state index contributed by atoms with van der Waals surface area (Å²) in [7, 11) is 8.18. The molecule has 0 spiro atoms. The first kappa shape index (κ1) is 41.3. The molecule has 2 N–H and O–H groups in total. The van der Waals surface area contributed by atoms with Crippen LogP contribution in [0.5, 0.6) is 0 Å². The van der Waals surface area contributed by atoms with Gasteiger partial charge in [-0.15, -0.1) is 0 Å². The topological polar surface area (TPSA) is 141 Å². The standard InChI is InChI=1S/C33H57NO9.CH4O/c1-13-26-33(8,38)24(14-15-35)20(3)16-19(2)18-32(7,40-12)29(22(5)27(36)23(6)30(37)42-26)43-31-28(39-11)25(34(9)10)17-21(4)41-31;1-2/h15-16,19,21-26,28-29,31,38H,13-14,17-18H2,1-12H3;2H,1H3/b20-16-;/t19-,21+,22-,23+,24+,25-,26+,28+,29+,31-,32+,33-;/m0./s1. The van der Waals surface area contributed by atoms with E-state index in [0.29, 0.717) is 12.8 Å². The Bertz CT molecular complexity index is 984. The molecule has 0 radical (unpaired) electrons. The first-order chi connectivity index (χ1) is 21.0. The number of aliphatic hydroxyl groups is 2. The van der Waals surface area contributed by atoms with Crippen LogP contribution in [-0.4, -0.2) is 117 Å². The van der Waals surface area contributed by atoms with Gasteiger partial charge in [-0.25, -0.2) is 0 Å². The zero-order valence-corrected chi connectivity index (χ0v) is 29.9. The van der Waals surface area contributed by atoms with Gasteiger partial charge in [-0.3, -0.25) is 9.59 Å². The molecule has 0 unspecified atom stereocenters. The molecular formula is C34H61NO10. The zero-order valence-electron chi connectivity index (χ0n) is 29.9. The molecular weight excluding hydrogens is 582 g/mol. The van der Waals surface area contributed by atoms with Crippen molar-refractivity contribution in [3.05, 3.63) is 11.6 Å². The molecule has 0 aromatic heterocycles. The number of hydrogen-bond donors (Lipinski definition) is 2. The van der Waals surface area contributed by atoms with Gasteiger partial charge < -0.3 is 43.6 Å². The summed E-state index contributed by atoms with van der Waals surface area (Å²) in [6, 6.07) is 0.0176. The molecule has 2 aliphatic rings. The highest BCUT2D eigenvalue weighted by molar-refractivity contribution is 6.00. The lowest BCUT2D eigenvalue weighted by Crippen LogP contribution is -2.59. The summed E-state index contributed by atoms with van der Waals surface area (Å²) in [5.74, 6) is -3.70. The Morgan fingerprint density at radius 2 is 1.71 bits per heavy atom. The number of esters is 1. The summed E-state index contributed by atoms with van der Waals surface area (Å²) in [5, 5.41) is 18.7. The zero-order chi connectivity index (χ0) is 34.9. The third-order valence-corrected chi connectivity index (χ3v) is 9.70. The van der Waals surface area contributed by atoms with E-state index in [1.165, 1.54) is 6.92 Å². The van der Waals surface area contributed by atoms with Gasteiger partial charge in [0.1, 0.15) is 30.0 Å². The maximum atomic E-state index is 14.0. The van der Waals surface area contributed by atoms with Crippen LogP contribution in [0.2, 0.25) is 0 Å². The lowest BCUT2D eigenvalue weighted by molar-refractivity contribution is -0.299. The smallest absolute Gasteiger partial charge is 0.316 e. The fourth-order valence-electron chi connectivity index (χ4n) is 7.14. The van der Waals surface area contributed by atoms with Crippen LogP contribution in [0.1, 0.15) is 81.1 Å². The number of carbonyl (C=O) groups excluding carboxylic acids is 3. The molecule has 2 aliphatic heterocycles. The molecule has 0 aliphatic carbocycles. The highest BCUT2D eigenvalue weighted by Crippen LogP contribution is 2.39. The van der Waals surface area contributed by atoms with E-state index in [0.717, 1.165) is 25.4 Å². The summed E-state index contributed by atoms with van der Waals surface area (Å²) >= 11 is 0. The van der Waals surface area contributed by atoms with E-state index in [1.807, 2.05) is 47.9 Å². The summed E-state index contributed by atoms with van der Waals surface area (Å²) in [6.45, 7) is 14.5. The van der Waals surface area contributed by atoms with Crippen molar-refractivity contribution in [2.45, 2.75) is 129 Å². The molecule has 0 amide bonds. The Morgan fingerprint density at radius 1 is 1.11 bits per heavy atom. The molecule has 1 saturated heterocycles.